The Morgan fingerprint density at radius 1 is 1.12 bits per heavy atom. The first kappa shape index (κ1) is 16.9. The van der Waals surface area contributed by atoms with Gasteiger partial charge in [-0.25, -0.2) is 0 Å². The molecular formula is C20H25NO2Si. The van der Waals surface area contributed by atoms with Crippen LogP contribution in [0.15, 0.2) is 47.3 Å². The van der Waals surface area contributed by atoms with Crippen molar-refractivity contribution in [1.82, 2.24) is 4.98 Å². The highest BCUT2D eigenvalue weighted by atomic mass is 28.3. The van der Waals surface area contributed by atoms with Crippen LogP contribution in [-0.2, 0) is 16.4 Å². The fourth-order valence-corrected chi connectivity index (χ4v) is 3.24. The van der Waals surface area contributed by atoms with Gasteiger partial charge in [0.15, 0.2) is 9.04 Å². The molecule has 0 unspecified atom stereocenters. The first-order chi connectivity index (χ1) is 11.3. The van der Waals surface area contributed by atoms with E-state index < -0.39 is 9.04 Å². The number of rotatable bonds is 4. The second kappa shape index (κ2) is 6.53. The highest BCUT2D eigenvalue weighted by molar-refractivity contribution is 6.48. The molecule has 0 bridgehead atoms. The number of benzene rings is 1. The summed E-state index contributed by atoms with van der Waals surface area (Å²) in [5, 5.41) is 1.15. The molecule has 126 valence electrons. The van der Waals surface area contributed by atoms with Crippen molar-refractivity contribution < 1.29 is 8.84 Å². The van der Waals surface area contributed by atoms with E-state index in [-0.39, 0.29) is 5.41 Å². The van der Waals surface area contributed by atoms with Crippen LogP contribution in [0.3, 0.4) is 0 Å². The summed E-state index contributed by atoms with van der Waals surface area (Å²) in [5.41, 5.74) is 5.61. The molecule has 0 N–H and O–H groups in total. The van der Waals surface area contributed by atoms with Crippen LogP contribution >= 0.6 is 0 Å². The van der Waals surface area contributed by atoms with Gasteiger partial charge in [0.05, 0.1) is 30.3 Å². The molecule has 1 aromatic carbocycles. The number of furan rings is 1. The highest BCUT2D eigenvalue weighted by Crippen LogP contribution is 2.32. The van der Waals surface area contributed by atoms with Crippen LogP contribution < -0.4 is 0 Å². The molecule has 3 aromatic rings. The third-order valence-corrected chi connectivity index (χ3v) is 4.96. The maximum Gasteiger partial charge on any atom is 0.171 e. The molecule has 0 amide bonds. The predicted molar refractivity (Wildman–Crippen MR) is 102 cm³/mol. The van der Waals surface area contributed by atoms with Crippen LogP contribution in [0.1, 0.15) is 32.0 Å². The van der Waals surface area contributed by atoms with E-state index in [1.165, 1.54) is 5.56 Å². The van der Waals surface area contributed by atoms with Crippen molar-refractivity contribution in [1.29, 1.82) is 0 Å². The summed E-state index contributed by atoms with van der Waals surface area (Å²) < 4.78 is 11.2. The Kier molecular flexibility index (Phi) is 4.61. The van der Waals surface area contributed by atoms with E-state index >= 15 is 0 Å². The number of aromatic nitrogens is 1. The number of hydrogen-bond acceptors (Lipinski definition) is 3. The molecule has 0 aliphatic rings. The molecule has 3 rings (SSSR count). The van der Waals surface area contributed by atoms with Gasteiger partial charge >= 0.3 is 0 Å². The topological polar surface area (TPSA) is 35.3 Å². The summed E-state index contributed by atoms with van der Waals surface area (Å²) in [6.07, 6.45) is 3.50. The third kappa shape index (κ3) is 3.60. The average molecular weight is 340 g/mol. The van der Waals surface area contributed by atoms with Crippen LogP contribution in [0.2, 0.25) is 13.1 Å². The molecule has 0 aliphatic carbocycles. The molecule has 0 atom stereocenters. The number of hydrogen-bond donors (Lipinski definition) is 0. The Balaban J connectivity index is 2.16. The molecule has 2 aromatic heterocycles. The molecule has 0 radical (unpaired) electrons. The number of fused-ring (bicyclic) bond motifs is 1. The van der Waals surface area contributed by atoms with Crippen molar-refractivity contribution in [3.05, 3.63) is 54.1 Å². The summed E-state index contributed by atoms with van der Waals surface area (Å²) in [6, 6.07) is 10.7. The molecule has 3 nitrogen and oxygen atoms in total. The lowest BCUT2D eigenvalue weighted by Gasteiger charge is -2.20. The quantitative estimate of drug-likeness (QED) is 0.606. The van der Waals surface area contributed by atoms with Gasteiger partial charge in [-0.05, 0) is 47.8 Å². The van der Waals surface area contributed by atoms with E-state index in [9.17, 15) is 0 Å². The molecular weight excluding hydrogens is 314 g/mol. The monoisotopic (exact) mass is 339 g/mol. The molecule has 0 saturated heterocycles. The standard InChI is InChI=1S/C20H25NO2Si/c1-20(2,3)15-6-7-17-18(14-8-9-22-12-14)11-16(13-23-24(4)5)21-19(17)10-15/h6-12,24H,13H2,1-5H3. The summed E-state index contributed by atoms with van der Waals surface area (Å²) in [7, 11) is -1.08. The fourth-order valence-electron chi connectivity index (χ4n) is 2.73. The fraction of sp³-hybridized carbons (Fsp3) is 0.350. The predicted octanol–water partition coefficient (Wildman–Crippen LogP) is 5.29. The second-order valence-electron chi connectivity index (χ2n) is 7.51. The van der Waals surface area contributed by atoms with Crippen LogP contribution in [0, 0.1) is 0 Å². The molecule has 0 fully saturated rings. The Morgan fingerprint density at radius 3 is 2.54 bits per heavy atom. The molecule has 4 heteroatoms. The number of pyridine rings is 1. The summed E-state index contributed by atoms with van der Waals surface area (Å²) in [5.74, 6) is 0. The van der Waals surface area contributed by atoms with Gasteiger partial charge < -0.3 is 8.84 Å². The van der Waals surface area contributed by atoms with Gasteiger partial charge in [-0.2, -0.15) is 0 Å². The van der Waals surface area contributed by atoms with Crippen LogP contribution in [0.25, 0.3) is 22.0 Å². The van der Waals surface area contributed by atoms with E-state index in [0.717, 1.165) is 27.7 Å². The molecule has 0 spiro atoms. The van der Waals surface area contributed by atoms with Crippen molar-refractivity contribution in [3.8, 4) is 11.1 Å². The molecule has 0 saturated carbocycles. The Labute approximate surface area is 145 Å². The zero-order chi connectivity index (χ0) is 17.3. The zero-order valence-corrected chi connectivity index (χ0v) is 16.2. The highest BCUT2D eigenvalue weighted by Gasteiger charge is 2.16. The van der Waals surface area contributed by atoms with Gasteiger partial charge in [-0.15, -0.1) is 0 Å². The first-order valence-electron chi connectivity index (χ1n) is 8.43. The average Bonchev–Trinajstić information content (AvgIpc) is 3.04. The van der Waals surface area contributed by atoms with Gasteiger partial charge in [-0.3, -0.25) is 4.98 Å². The van der Waals surface area contributed by atoms with E-state index in [1.54, 1.807) is 12.5 Å². The minimum Gasteiger partial charge on any atom is -0.472 e. The van der Waals surface area contributed by atoms with E-state index in [1.807, 2.05) is 6.07 Å². The Morgan fingerprint density at radius 2 is 1.92 bits per heavy atom. The van der Waals surface area contributed by atoms with Crippen molar-refractivity contribution in [3.63, 3.8) is 0 Å². The third-order valence-electron chi connectivity index (χ3n) is 4.13. The van der Waals surface area contributed by atoms with Crippen molar-refractivity contribution in [2.45, 2.75) is 45.9 Å². The van der Waals surface area contributed by atoms with E-state index in [0.29, 0.717) is 6.61 Å². The van der Waals surface area contributed by atoms with Gasteiger partial charge in [-0.1, -0.05) is 32.9 Å². The SMILES string of the molecule is C[SiH](C)OCc1cc(-c2ccoc2)c2ccc(C(C)(C)C)cc2n1. The maximum absolute atomic E-state index is 5.90. The summed E-state index contributed by atoms with van der Waals surface area (Å²) >= 11 is 0. The van der Waals surface area contributed by atoms with Crippen LogP contribution in [0.4, 0.5) is 0 Å². The lowest BCUT2D eigenvalue weighted by Crippen LogP contribution is -2.11. The summed E-state index contributed by atoms with van der Waals surface area (Å²) in [4.78, 5) is 4.86. The van der Waals surface area contributed by atoms with Crippen LogP contribution in [-0.4, -0.2) is 14.0 Å². The summed E-state index contributed by atoms with van der Waals surface area (Å²) in [6.45, 7) is 11.6. The Bertz CT molecular complexity index is 833. The lowest BCUT2D eigenvalue weighted by atomic mass is 9.86. The van der Waals surface area contributed by atoms with Gasteiger partial charge in [0.2, 0.25) is 0 Å². The van der Waals surface area contributed by atoms with Crippen LogP contribution in [0.5, 0.6) is 0 Å². The van der Waals surface area contributed by atoms with E-state index in [4.69, 9.17) is 13.8 Å². The van der Waals surface area contributed by atoms with Crippen molar-refractivity contribution in [2.24, 2.45) is 0 Å². The molecule has 24 heavy (non-hydrogen) atoms. The minimum atomic E-state index is -1.08. The normalized spacial score (nSPS) is 12.2. The molecule has 0 aliphatic heterocycles. The minimum absolute atomic E-state index is 0.100. The van der Waals surface area contributed by atoms with Crippen molar-refractivity contribution >= 4 is 19.9 Å². The number of nitrogens with zero attached hydrogens (tertiary/aromatic N) is 1. The van der Waals surface area contributed by atoms with Gasteiger partial charge in [0, 0.05) is 10.9 Å². The zero-order valence-electron chi connectivity index (χ0n) is 15.1. The van der Waals surface area contributed by atoms with E-state index in [2.05, 4.69) is 58.1 Å². The maximum atomic E-state index is 5.90. The first-order valence-corrected chi connectivity index (χ1v) is 11.2. The largest absolute Gasteiger partial charge is 0.472 e. The van der Waals surface area contributed by atoms with Gasteiger partial charge in [0.1, 0.15) is 0 Å². The second-order valence-corrected chi connectivity index (χ2v) is 9.95. The smallest absolute Gasteiger partial charge is 0.171 e. The van der Waals surface area contributed by atoms with Crippen molar-refractivity contribution in [2.75, 3.05) is 0 Å². The molecule has 2 heterocycles. The lowest BCUT2D eigenvalue weighted by molar-refractivity contribution is 0.310. The van der Waals surface area contributed by atoms with Gasteiger partial charge in [0.25, 0.3) is 0 Å². The Hall–Kier alpha value is -1.91.